The van der Waals surface area contributed by atoms with E-state index >= 15 is 0 Å². The lowest BCUT2D eigenvalue weighted by Gasteiger charge is -2.14. The number of carbonyl (C=O) groups is 1. The zero-order valence-electron chi connectivity index (χ0n) is 16.8. The maximum absolute atomic E-state index is 13.6. The van der Waals surface area contributed by atoms with E-state index in [9.17, 15) is 23.2 Å². The Hall–Kier alpha value is -3.23. The lowest BCUT2D eigenvalue weighted by atomic mass is 10.1. The lowest BCUT2D eigenvalue weighted by molar-refractivity contribution is -0.138. The molecule has 0 spiro atoms. The molecule has 0 unspecified atom stereocenters. The number of rotatable bonds is 7. The molecule has 2 heterocycles. The summed E-state index contributed by atoms with van der Waals surface area (Å²) in [6.45, 7) is 0. The zero-order valence-corrected chi connectivity index (χ0v) is 18.5. The molecule has 166 valence electrons. The van der Waals surface area contributed by atoms with Gasteiger partial charge in [-0.15, -0.1) is 11.3 Å². The summed E-state index contributed by atoms with van der Waals surface area (Å²) in [7, 11) is 2.92. The molecule has 0 aliphatic heterocycles. The number of anilines is 1. The second kappa shape index (κ2) is 9.93. The van der Waals surface area contributed by atoms with Crippen LogP contribution in [-0.4, -0.2) is 30.9 Å². The van der Waals surface area contributed by atoms with Crippen molar-refractivity contribution < 1.29 is 27.4 Å². The molecule has 0 atom stereocenters. The summed E-state index contributed by atoms with van der Waals surface area (Å²) in [6.07, 6.45) is -4.74. The van der Waals surface area contributed by atoms with Crippen molar-refractivity contribution in [3.05, 3.63) is 52.9 Å². The van der Waals surface area contributed by atoms with Crippen LogP contribution in [0, 0.1) is 11.3 Å². The summed E-state index contributed by atoms with van der Waals surface area (Å²) in [5.74, 6) is 0.163. The van der Waals surface area contributed by atoms with E-state index in [0.29, 0.717) is 22.1 Å². The number of alkyl halides is 3. The van der Waals surface area contributed by atoms with Gasteiger partial charge in [0.05, 0.1) is 41.7 Å². The minimum absolute atomic E-state index is 0.0896. The number of halogens is 3. The number of thioether (sulfide) groups is 1. The number of nitriles is 1. The number of aromatic nitrogens is 1. The van der Waals surface area contributed by atoms with Gasteiger partial charge in [-0.3, -0.25) is 4.79 Å². The van der Waals surface area contributed by atoms with Crippen molar-refractivity contribution in [2.45, 2.75) is 11.2 Å². The molecule has 0 aliphatic carbocycles. The summed E-state index contributed by atoms with van der Waals surface area (Å²) in [5.41, 5.74) is -1.21. The van der Waals surface area contributed by atoms with Gasteiger partial charge in [0, 0.05) is 23.9 Å². The Labute approximate surface area is 190 Å². The molecule has 1 N–H and O–H groups in total. The Balaban J connectivity index is 1.86. The fourth-order valence-corrected chi connectivity index (χ4v) is 4.21. The van der Waals surface area contributed by atoms with E-state index in [1.807, 2.05) is 0 Å². The molecule has 32 heavy (non-hydrogen) atoms. The fraction of sp³-hybridized carbons (Fsp3) is 0.190. The number of hydrogen-bond donors (Lipinski definition) is 1. The molecular formula is C21H16F3N3O3S2. The van der Waals surface area contributed by atoms with Gasteiger partial charge in [0.15, 0.2) is 0 Å². The Morgan fingerprint density at radius 2 is 1.91 bits per heavy atom. The molecule has 1 aromatic carbocycles. The van der Waals surface area contributed by atoms with Gasteiger partial charge in [0.2, 0.25) is 5.91 Å². The van der Waals surface area contributed by atoms with Crippen LogP contribution in [0.2, 0.25) is 0 Å². The van der Waals surface area contributed by atoms with Crippen LogP contribution in [0.15, 0.2) is 46.8 Å². The SMILES string of the molecule is COc1cc(NC(=O)CSc2nc(-c3cccs3)cc(C(F)(F)F)c2C#N)cc(OC)c1. The largest absolute Gasteiger partial charge is 0.497 e. The number of methoxy groups -OCH3 is 2. The van der Waals surface area contributed by atoms with Crippen LogP contribution in [0.25, 0.3) is 10.6 Å². The van der Waals surface area contributed by atoms with Gasteiger partial charge >= 0.3 is 6.18 Å². The Bertz CT molecular complexity index is 1140. The Kier molecular flexibility index (Phi) is 7.27. The highest BCUT2D eigenvalue weighted by atomic mass is 32.2. The third-order valence-corrected chi connectivity index (χ3v) is 6.02. The predicted octanol–water partition coefficient (Wildman–Crippen LogP) is 5.45. The van der Waals surface area contributed by atoms with Crippen LogP contribution in [0.4, 0.5) is 18.9 Å². The number of thiophene rings is 1. The molecule has 3 aromatic rings. The molecule has 0 bridgehead atoms. The maximum Gasteiger partial charge on any atom is 0.417 e. The van der Waals surface area contributed by atoms with Crippen LogP contribution >= 0.6 is 23.1 Å². The van der Waals surface area contributed by atoms with Crippen molar-refractivity contribution in [3.8, 4) is 28.1 Å². The van der Waals surface area contributed by atoms with E-state index in [0.717, 1.165) is 17.8 Å². The second-order valence-electron chi connectivity index (χ2n) is 6.26. The quantitative estimate of drug-likeness (QED) is 0.454. The summed E-state index contributed by atoms with van der Waals surface area (Å²) in [4.78, 5) is 17.2. The normalized spacial score (nSPS) is 11.0. The second-order valence-corrected chi connectivity index (χ2v) is 8.17. The van der Waals surface area contributed by atoms with Crippen molar-refractivity contribution in [1.29, 1.82) is 5.26 Å². The third-order valence-electron chi connectivity index (χ3n) is 4.15. The molecule has 0 radical (unpaired) electrons. The molecule has 0 saturated heterocycles. The molecule has 0 saturated carbocycles. The third kappa shape index (κ3) is 5.52. The summed E-state index contributed by atoms with van der Waals surface area (Å²) in [5, 5.41) is 13.6. The molecule has 11 heteroatoms. The topological polar surface area (TPSA) is 84.2 Å². The highest BCUT2D eigenvalue weighted by Crippen LogP contribution is 2.38. The van der Waals surface area contributed by atoms with E-state index in [2.05, 4.69) is 10.3 Å². The Morgan fingerprint density at radius 3 is 2.44 bits per heavy atom. The first-order valence-electron chi connectivity index (χ1n) is 8.97. The van der Waals surface area contributed by atoms with Crippen molar-refractivity contribution in [2.24, 2.45) is 0 Å². The molecular weight excluding hydrogens is 463 g/mol. The maximum atomic E-state index is 13.6. The highest BCUT2D eigenvalue weighted by molar-refractivity contribution is 8.00. The summed E-state index contributed by atoms with van der Waals surface area (Å²) >= 11 is 1.98. The van der Waals surface area contributed by atoms with Crippen LogP contribution in [-0.2, 0) is 11.0 Å². The first-order valence-corrected chi connectivity index (χ1v) is 10.8. The summed E-state index contributed by atoms with van der Waals surface area (Å²) < 4.78 is 51.0. The zero-order chi connectivity index (χ0) is 23.3. The number of hydrogen-bond acceptors (Lipinski definition) is 7. The lowest BCUT2D eigenvalue weighted by Crippen LogP contribution is -2.15. The van der Waals surface area contributed by atoms with Gasteiger partial charge in [-0.25, -0.2) is 4.98 Å². The van der Waals surface area contributed by atoms with Gasteiger partial charge in [-0.2, -0.15) is 18.4 Å². The fourth-order valence-electron chi connectivity index (χ4n) is 2.72. The molecule has 6 nitrogen and oxygen atoms in total. The molecule has 1 amide bonds. The smallest absolute Gasteiger partial charge is 0.417 e. The number of ether oxygens (including phenoxy) is 2. The van der Waals surface area contributed by atoms with Crippen LogP contribution < -0.4 is 14.8 Å². The van der Waals surface area contributed by atoms with Gasteiger partial charge in [-0.05, 0) is 17.5 Å². The van der Waals surface area contributed by atoms with Crippen LogP contribution in [0.3, 0.4) is 0 Å². The Morgan fingerprint density at radius 1 is 1.22 bits per heavy atom. The number of amides is 1. The van der Waals surface area contributed by atoms with Gasteiger partial charge in [0.25, 0.3) is 0 Å². The van der Waals surface area contributed by atoms with E-state index in [4.69, 9.17) is 9.47 Å². The number of nitrogens with one attached hydrogen (secondary N) is 1. The van der Waals surface area contributed by atoms with E-state index in [1.54, 1.807) is 41.8 Å². The predicted molar refractivity (Wildman–Crippen MR) is 116 cm³/mol. The number of carbonyl (C=O) groups excluding carboxylic acids is 1. The first kappa shape index (κ1) is 23.4. The number of pyridine rings is 1. The van der Waals surface area contributed by atoms with E-state index in [-0.39, 0.29) is 16.5 Å². The van der Waals surface area contributed by atoms with Crippen LogP contribution in [0.5, 0.6) is 11.5 Å². The average molecular weight is 480 g/mol. The van der Waals surface area contributed by atoms with Crippen molar-refractivity contribution in [2.75, 3.05) is 25.3 Å². The first-order chi connectivity index (χ1) is 15.2. The number of nitrogens with zero attached hydrogens (tertiary/aromatic N) is 2. The highest BCUT2D eigenvalue weighted by Gasteiger charge is 2.36. The monoisotopic (exact) mass is 479 g/mol. The van der Waals surface area contributed by atoms with Gasteiger partial charge < -0.3 is 14.8 Å². The van der Waals surface area contributed by atoms with Crippen molar-refractivity contribution >= 4 is 34.7 Å². The number of benzene rings is 1. The molecule has 2 aromatic heterocycles. The average Bonchev–Trinajstić information content (AvgIpc) is 3.31. The van der Waals surface area contributed by atoms with E-state index in [1.165, 1.54) is 25.6 Å². The minimum atomic E-state index is -4.74. The van der Waals surface area contributed by atoms with Crippen LogP contribution in [0.1, 0.15) is 11.1 Å². The molecule has 0 aliphatic rings. The summed E-state index contributed by atoms with van der Waals surface area (Å²) in [6, 6.07) is 10.5. The van der Waals surface area contributed by atoms with Gasteiger partial charge in [-0.1, -0.05) is 17.8 Å². The van der Waals surface area contributed by atoms with Crippen molar-refractivity contribution in [1.82, 2.24) is 4.98 Å². The molecule has 3 rings (SSSR count). The minimum Gasteiger partial charge on any atom is -0.497 e. The van der Waals surface area contributed by atoms with Crippen molar-refractivity contribution in [3.63, 3.8) is 0 Å². The van der Waals surface area contributed by atoms with Gasteiger partial charge in [0.1, 0.15) is 22.6 Å². The standard InChI is InChI=1S/C21H16F3N3O3S2/c1-29-13-6-12(7-14(8-13)30-2)26-19(28)11-32-20-15(10-25)16(21(22,23)24)9-17(27-20)18-4-3-5-31-18/h3-9H,11H2,1-2H3,(H,26,28). The molecule has 0 fully saturated rings. The van der Waals surface area contributed by atoms with E-state index < -0.39 is 23.2 Å².